The van der Waals surface area contributed by atoms with Gasteiger partial charge in [0.25, 0.3) is 0 Å². The van der Waals surface area contributed by atoms with Gasteiger partial charge in [-0.2, -0.15) is 16.3 Å². The molecule has 29 heavy (non-hydrogen) atoms. The van der Waals surface area contributed by atoms with E-state index in [1.54, 1.807) is 23.5 Å². The van der Waals surface area contributed by atoms with Crippen molar-refractivity contribution in [1.82, 2.24) is 15.5 Å². The number of hydrogen-bond acceptors (Lipinski definition) is 6. The number of hydrogen-bond donors (Lipinski definition) is 1. The normalized spacial score (nSPS) is 15.9. The Morgan fingerprint density at radius 1 is 1.28 bits per heavy atom. The van der Waals surface area contributed by atoms with Crippen LogP contribution in [0.1, 0.15) is 30.7 Å². The second-order valence-electron chi connectivity index (χ2n) is 7.20. The Morgan fingerprint density at radius 3 is 2.90 bits per heavy atom. The monoisotopic (exact) mass is 415 g/mol. The molecule has 0 atom stereocenters. The average Bonchev–Trinajstić information content (AvgIpc) is 3.43. The Labute approximate surface area is 172 Å². The van der Waals surface area contributed by atoms with Crippen LogP contribution in [0.15, 0.2) is 45.6 Å². The van der Waals surface area contributed by atoms with Crippen molar-refractivity contribution in [3.63, 3.8) is 0 Å². The molecule has 2 aromatic heterocycles. The molecule has 0 saturated carbocycles. The quantitative estimate of drug-likeness (QED) is 0.636. The van der Waals surface area contributed by atoms with Gasteiger partial charge in [-0.05, 0) is 42.0 Å². The second kappa shape index (κ2) is 8.84. The fraction of sp³-hybridized carbons (Fsp3) is 0.381. The van der Waals surface area contributed by atoms with Crippen LogP contribution in [0.3, 0.4) is 0 Å². The van der Waals surface area contributed by atoms with Crippen molar-refractivity contribution in [2.24, 2.45) is 0 Å². The number of carbonyl (C=O) groups is 1. The Hall–Kier alpha value is -2.58. The number of aromatic nitrogens is 2. The number of thiophene rings is 1. The third-order valence-corrected chi connectivity index (χ3v) is 6.01. The van der Waals surface area contributed by atoms with E-state index in [2.05, 4.69) is 15.5 Å². The number of amides is 1. The van der Waals surface area contributed by atoms with E-state index in [4.69, 9.17) is 9.26 Å². The largest absolute Gasteiger partial charge is 0.381 e. The fourth-order valence-electron chi connectivity index (χ4n) is 3.59. The molecular formula is C21H22FN3O3S. The summed E-state index contributed by atoms with van der Waals surface area (Å²) in [6.07, 6.45) is 2.11. The van der Waals surface area contributed by atoms with E-state index in [0.717, 1.165) is 24.0 Å². The number of ether oxygens (including phenoxy) is 1. The summed E-state index contributed by atoms with van der Waals surface area (Å²) in [4.78, 5) is 16.8. The molecule has 0 unspecified atom stereocenters. The standard InChI is InChI=1S/C21H22FN3O3S/c22-17-3-1-2-16(12-17)21(7-9-27-10-8-21)14-23-18(26)4-5-19-24-20(25-28-19)15-6-11-29-13-15/h1-3,6,11-13H,4-5,7-10,14H2,(H,23,26). The molecule has 1 saturated heterocycles. The Balaban J connectivity index is 1.35. The van der Waals surface area contributed by atoms with Gasteiger partial charge >= 0.3 is 0 Å². The first kappa shape index (κ1) is 19.7. The first-order chi connectivity index (χ1) is 14.1. The number of nitrogens with zero attached hydrogens (tertiary/aromatic N) is 2. The lowest BCUT2D eigenvalue weighted by Gasteiger charge is -2.38. The van der Waals surface area contributed by atoms with Gasteiger partial charge in [0, 0.05) is 49.0 Å². The lowest BCUT2D eigenvalue weighted by atomic mass is 9.74. The summed E-state index contributed by atoms with van der Waals surface area (Å²) < 4.78 is 24.5. The number of halogens is 1. The molecular weight excluding hydrogens is 393 g/mol. The molecule has 0 radical (unpaired) electrons. The predicted molar refractivity (Wildman–Crippen MR) is 107 cm³/mol. The number of carbonyl (C=O) groups excluding carboxylic acids is 1. The van der Waals surface area contributed by atoms with E-state index in [1.165, 1.54) is 6.07 Å². The molecule has 152 valence electrons. The molecule has 6 nitrogen and oxygen atoms in total. The third kappa shape index (κ3) is 4.71. The molecule has 1 amide bonds. The van der Waals surface area contributed by atoms with Gasteiger partial charge in [-0.3, -0.25) is 4.79 Å². The van der Waals surface area contributed by atoms with Crippen LogP contribution in [0.4, 0.5) is 4.39 Å². The van der Waals surface area contributed by atoms with E-state index in [-0.39, 0.29) is 23.6 Å². The van der Waals surface area contributed by atoms with Crippen molar-refractivity contribution in [1.29, 1.82) is 0 Å². The molecule has 3 heterocycles. The molecule has 3 aromatic rings. The van der Waals surface area contributed by atoms with Gasteiger partial charge in [-0.1, -0.05) is 17.3 Å². The van der Waals surface area contributed by atoms with Crippen LogP contribution in [-0.4, -0.2) is 35.8 Å². The first-order valence-corrected chi connectivity index (χ1v) is 10.5. The van der Waals surface area contributed by atoms with Crippen molar-refractivity contribution in [2.75, 3.05) is 19.8 Å². The maximum Gasteiger partial charge on any atom is 0.227 e. The summed E-state index contributed by atoms with van der Waals surface area (Å²) in [6, 6.07) is 8.55. The SMILES string of the molecule is O=C(CCc1nc(-c2ccsc2)no1)NCC1(c2cccc(F)c2)CCOCC1. The fourth-order valence-corrected chi connectivity index (χ4v) is 4.22. The lowest BCUT2D eigenvalue weighted by molar-refractivity contribution is -0.121. The Kier molecular flexibility index (Phi) is 6.01. The van der Waals surface area contributed by atoms with Crippen molar-refractivity contribution >= 4 is 17.2 Å². The van der Waals surface area contributed by atoms with Gasteiger partial charge in [0.05, 0.1) is 0 Å². The van der Waals surface area contributed by atoms with E-state index < -0.39 is 0 Å². The zero-order chi connectivity index (χ0) is 20.1. The summed E-state index contributed by atoms with van der Waals surface area (Å²) in [5, 5.41) is 10.9. The number of aryl methyl sites for hydroxylation is 1. The van der Waals surface area contributed by atoms with Gasteiger partial charge in [-0.25, -0.2) is 4.39 Å². The number of rotatable bonds is 7. The van der Waals surface area contributed by atoms with E-state index >= 15 is 0 Å². The van der Waals surface area contributed by atoms with Crippen LogP contribution >= 0.6 is 11.3 Å². The molecule has 8 heteroatoms. The van der Waals surface area contributed by atoms with Crippen LogP contribution in [0.2, 0.25) is 0 Å². The van der Waals surface area contributed by atoms with Crippen molar-refractivity contribution in [3.05, 3.63) is 58.4 Å². The van der Waals surface area contributed by atoms with Crippen LogP contribution in [0, 0.1) is 5.82 Å². The highest BCUT2D eigenvalue weighted by molar-refractivity contribution is 7.08. The summed E-state index contributed by atoms with van der Waals surface area (Å²) in [5.74, 6) is 0.612. The summed E-state index contributed by atoms with van der Waals surface area (Å²) in [5.41, 5.74) is 1.50. The maximum absolute atomic E-state index is 13.8. The minimum atomic E-state index is -0.313. The molecule has 0 spiro atoms. The summed E-state index contributed by atoms with van der Waals surface area (Å²) in [6.45, 7) is 1.64. The van der Waals surface area contributed by atoms with E-state index in [9.17, 15) is 9.18 Å². The zero-order valence-electron chi connectivity index (χ0n) is 15.9. The average molecular weight is 415 g/mol. The minimum absolute atomic E-state index is 0.0949. The third-order valence-electron chi connectivity index (χ3n) is 5.32. The highest BCUT2D eigenvalue weighted by atomic mass is 32.1. The number of nitrogens with one attached hydrogen (secondary N) is 1. The van der Waals surface area contributed by atoms with Gasteiger partial charge in [-0.15, -0.1) is 0 Å². The smallest absolute Gasteiger partial charge is 0.227 e. The second-order valence-corrected chi connectivity index (χ2v) is 7.98. The molecule has 0 aliphatic carbocycles. The summed E-state index contributed by atoms with van der Waals surface area (Å²) >= 11 is 1.56. The van der Waals surface area contributed by atoms with Gasteiger partial charge in [0.1, 0.15) is 5.82 Å². The molecule has 1 N–H and O–H groups in total. The molecule has 0 bridgehead atoms. The molecule has 4 rings (SSSR count). The molecule has 1 aromatic carbocycles. The molecule has 1 aliphatic rings. The number of benzene rings is 1. The van der Waals surface area contributed by atoms with Crippen LogP contribution in [-0.2, 0) is 21.4 Å². The van der Waals surface area contributed by atoms with Gasteiger partial charge < -0.3 is 14.6 Å². The van der Waals surface area contributed by atoms with Crippen LogP contribution in [0.25, 0.3) is 11.4 Å². The summed E-state index contributed by atoms with van der Waals surface area (Å²) in [7, 11) is 0. The van der Waals surface area contributed by atoms with Crippen LogP contribution in [0.5, 0.6) is 0 Å². The van der Waals surface area contributed by atoms with Gasteiger partial charge in [0.15, 0.2) is 0 Å². The Morgan fingerprint density at radius 2 is 2.14 bits per heavy atom. The van der Waals surface area contributed by atoms with E-state index in [1.807, 2.05) is 22.9 Å². The highest BCUT2D eigenvalue weighted by Gasteiger charge is 2.35. The van der Waals surface area contributed by atoms with Crippen molar-refractivity contribution < 1.29 is 18.4 Å². The molecule has 1 fully saturated rings. The van der Waals surface area contributed by atoms with Crippen molar-refractivity contribution in [3.8, 4) is 11.4 Å². The lowest BCUT2D eigenvalue weighted by Crippen LogP contribution is -2.44. The van der Waals surface area contributed by atoms with E-state index in [0.29, 0.717) is 37.9 Å². The molecule has 1 aliphatic heterocycles. The minimum Gasteiger partial charge on any atom is -0.381 e. The first-order valence-electron chi connectivity index (χ1n) is 9.60. The highest BCUT2D eigenvalue weighted by Crippen LogP contribution is 2.34. The zero-order valence-corrected chi connectivity index (χ0v) is 16.7. The van der Waals surface area contributed by atoms with Crippen molar-refractivity contribution in [2.45, 2.75) is 31.1 Å². The maximum atomic E-state index is 13.8. The topological polar surface area (TPSA) is 77.2 Å². The van der Waals surface area contributed by atoms with Crippen LogP contribution < -0.4 is 5.32 Å². The predicted octanol–water partition coefficient (Wildman–Crippen LogP) is 3.73. The Bertz CT molecular complexity index is 952. The van der Waals surface area contributed by atoms with Gasteiger partial charge in [0.2, 0.25) is 17.6 Å².